The van der Waals surface area contributed by atoms with E-state index in [0.29, 0.717) is 19.9 Å². The van der Waals surface area contributed by atoms with Gasteiger partial charge >= 0.3 is 0 Å². The highest BCUT2D eigenvalue weighted by molar-refractivity contribution is 7.45. The summed E-state index contributed by atoms with van der Waals surface area (Å²) in [5.41, 5.74) is 0. The maximum Gasteiger partial charge on any atom is 0.267 e. The molecule has 0 saturated carbocycles. The Morgan fingerprint density at radius 2 is 2.11 bits per heavy atom. The van der Waals surface area contributed by atoms with Crippen LogP contribution in [-0.2, 0) is 18.4 Å². The first-order valence-corrected chi connectivity index (χ1v) is 7.28. The van der Waals surface area contributed by atoms with Crippen molar-refractivity contribution in [3.8, 4) is 0 Å². The quantitative estimate of drug-likeness (QED) is 0.518. The Hall–Kier alpha value is -0.420. The molecule has 0 aromatic carbocycles. The molecule has 0 saturated heterocycles. The van der Waals surface area contributed by atoms with Crippen molar-refractivity contribution in [2.24, 2.45) is 0 Å². The molecule has 0 rings (SSSR count). The second-order valence-corrected chi connectivity index (χ2v) is 4.72. The SMILES string of the molecule is [2H]CC.[2H]COP(=O)([O-])OCCCCCCNC(C)=O.[2H][2H]. The summed E-state index contributed by atoms with van der Waals surface area (Å²) in [6, 6.07) is 0. The Kier molecular flexibility index (Phi) is 10.1. The molecule has 0 radical (unpaired) electrons. The van der Waals surface area contributed by atoms with Gasteiger partial charge in [0.1, 0.15) is 0 Å². The number of rotatable bonds is 9. The number of phosphoric ester groups is 1. The van der Waals surface area contributed by atoms with E-state index in [-0.39, 0.29) is 12.5 Å². The van der Waals surface area contributed by atoms with Crippen LogP contribution in [-0.4, -0.2) is 26.1 Å². The topological polar surface area (TPSA) is 87.7 Å². The monoisotopic (exact) mass is 288 g/mol. The number of hydrogen-bond donors (Lipinski definition) is 1. The van der Waals surface area contributed by atoms with Crippen molar-refractivity contribution in [2.75, 3.05) is 20.2 Å². The molecule has 0 aliphatic heterocycles. The van der Waals surface area contributed by atoms with Gasteiger partial charge in [0.15, 0.2) is 0 Å². The summed E-state index contributed by atoms with van der Waals surface area (Å²) in [6.07, 6.45) is 3.18. The second-order valence-electron chi connectivity index (χ2n) is 3.31. The fourth-order valence-electron chi connectivity index (χ4n) is 1.06. The third kappa shape index (κ3) is 15.6. The van der Waals surface area contributed by atoms with Crippen LogP contribution in [0.3, 0.4) is 0 Å². The minimum atomic E-state index is -4.26. The van der Waals surface area contributed by atoms with Crippen molar-refractivity contribution in [3.05, 3.63) is 0 Å². The summed E-state index contributed by atoms with van der Waals surface area (Å²) < 4.78 is 42.2. The lowest BCUT2D eigenvalue weighted by atomic mass is 10.2. The fourth-order valence-corrected chi connectivity index (χ4v) is 1.49. The van der Waals surface area contributed by atoms with Gasteiger partial charge in [-0.2, -0.15) is 0 Å². The summed E-state index contributed by atoms with van der Waals surface area (Å²) in [5.74, 6) is -0.0480. The smallest absolute Gasteiger partial charge is 0.267 e. The highest BCUT2D eigenvalue weighted by Gasteiger charge is 2.04. The molecule has 0 aliphatic rings. The van der Waals surface area contributed by atoms with Gasteiger partial charge in [-0.1, -0.05) is 26.7 Å². The van der Waals surface area contributed by atoms with E-state index in [2.05, 4.69) is 14.4 Å². The number of hydrogen-bond acceptors (Lipinski definition) is 5. The van der Waals surface area contributed by atoms with Crippen molar-refractivity contribution in [1.29, 1.82) is 0 Å². The summed E-state index contributed by atoms with van der Waals surface area (Å²) >= 11 is 0. The molecule has 1 amide bonds. The minimum absolute atomic E-state index is 0.0480. The van der Waals surface area contributed by atoms with Crippen LogP contribution in [0.15, 0.2) is 0 Å². The van der Waals surface area contributed by atoms with E-state index >= 15 is 0 Å². The normalized spacial score (nSPS) is 15.1. The van der Waals surface area contributed by atoms with Crippen LogP contribution < -0.4 is 10.2 Å². The van der Waals surface area contributed by atoms with E-state index in [9.17, 15) is 14.3 Å². The van der Waals surface area contributed by atoms with Crippen molar-refractivity contribution in [3.63, 3.8) is 0 Å². The highest BCUT2D eigenvalue weighted by Crippen LogP contribution is 2.36. The van der Waals surface area contributed by atoms with Crippen molar-refractivity contribution >= 4 is 13.7 Å². The highest BCUT2D eigenvalue weighted by atomic mass is 31.2. The maximum absolute atomic E-state index is 10.9. The van der Waals surface area contributed by atoms with Crippen molar-refractivity contribution < 1.29 is 29.0 Å². The molecule has 0 aliphatic carbocycles. The third-order valence-electron chi connectivity index (χ3n) is 1.85. The molecule has 0 fully saturated rings. The predicted octanol–water partition coefficient (Wildman–Crippen LogP) is 2.09. The molecule has 112 valence electrons. The maximum atomic E-state index is 10.9. The van der Waals surface area contributed by atoms with Gasteiger partial charge in [-0.15, -0.1) is 0 Å². The van der Waals surface area contributed by atoms with Gasteiger partial charge in [0.25, 0.3) is 7.82 Å². The Balaban J connectivity index is -0.000000637. The number of carbonyl (C=O) groups excluding carboxylic acids is 1. The molecule has 0 aromatic heterocycles. The fraction of sp³-hybridized carbons (Fsp3) is 0.909. The van der Waals surface area contributed by atoms with Gasteiger partial charge in [0.2, 0.25) is 5.91 Å². The number of nitrogens with one attached hydrogen (secondary N) is 1. The van der Waals surface area contributed by atoms with Crippen molar-refractivity contribution in [1.82, 2.24) is 5.32 Å². The van der Waals surface area contributed by atoms with Crippen LogP contribution in [0, 0.1) is 0 Å². The first-order valence-electron chi connectivity index (χ1n) is 8.24. The Morgan fingerprint density at radius 3 is 2.67 bits per heavy atom. The van der Waals surface area contributed by atoms with Gasteiger partial charge in [-0.25, -0.2) is 0 Å². The van der Waals surface area contributed by atoms with Gasteiger partial charge in [0, 0.05) is 24.9 Å². The van der Waals surface area contributed by atoms with E-state index in [1.807, 2.05) is 0 Å². The van der Waals surface area contributed by atoms with Crippen LogP contribution in [0.4, 0.5) is 0 Å². The molecule has 0 aromatic rings. The Morgan fingerprint density at radius 1 is 1.50 bits per heavy atom. The molecule has 18 heavy (non-hydrogen) atoms. The number of unbranched alkanes of at least 4 members (excludes halogenated alkanes) is 3. The van der Waals surface area contributed by atoms with Crippen molar-refractivity contribution in [2.45, 2.75) is 46.4 Å². The number of amides is 1. The summed E-state index contributed by atoms with van der Waals surface area (Å²) in [4.78, 5) is 21.4. The van der Waals surface area contributed by atoms with Crippen LogP contribution in [0.2, 0.25) is 0 Å². The molecule has 6 nitrogen and oxygen atoms in total. The lowest BCUT2D eigenvalue weighted by Crippen LogP contribution is -2.20. The van der Waals surface area contributed by atoms with E-state index in [1.54, 1.807) is 6.92 Å². The average Bonchev–Trinajstić information content (AvgIpc) is 2.44. The Bertz CT molecular complexity index is 287. The Labute approximate surface area is 116 Å². The molecule has 0 heterocycles. The second kappa shape index (κ2) is 13.0. The number of phosphoric acid groups is 1. The van der Waals surface area contributed by atoms with Crippen LogP contribution in [0.5, 0.6) is 0 Å². The lowest BCUT2D eigenvalue weighted by molar-refractivity contribution is -0.223. The first-order chi connectivity index (χ1) is 10.4. The van der Waals surface area contributed by atoms with Gasteiger partial charge in [-0.05, 0) is 12.8 Å². The van der Waals surface area contributed by atoms with E-state index < -0.39 is 14.9 Å². The average molecular weight is 288 g/mol. The molecular formula is C11H27NO5P-. The first kappa shape index (κ1) is 14.0. The van der Waals surface area contributed by atoms with E-state index in [1.165, 1.54) is 6.92 Å². The summed E-state index contributed by atoms with van der Waals surface area (Å²) in [5, 5.41) is 2.67. The van der Waals surface area contributed by atoms with Gasteiger partial charge < -0.3 is 19.3 Å². The van der Waals surface area contributed by atoms with Crippen LogP contribution in [0.1, 0.15) is 52.1 Å². The summed E-state index contributed by atoms with van der Waals surface area (Å²) in [7, 11) is -4.92. The van der Waals surface area contributed by atoms with Crippen LogP contribution >= 0.6 is 7.82 Å². The molecular weight excluding hydrogens is 257 g/mol. The van der Waals surface area contributed by atoms with Crippen LogP contribution in [0.25, 0.3) is 0 Å². The zero-order valence-corrected chi connectivity index (χ0v) is 12.0. The van der Waals surface area contributed by atoms with E-state index in [4.69, 9.17) is 5.71 Å². The molecule has 0 bridgehead atoms. The molecule has 1 atom stereocenters. The predicted molar refractivity (Wildman–Crippen MR) is 71.2 cm³/mol. The number of carbonyl (C=O) groups is 1. The van der Waals surface area contributed by atoms with E-state index in [0.717, 1.165) is 19.3 Å². The van der Waals surface area contributed by atoms with Gasteiger partial charge in [-0.3, -0.25) is 9.36 Å². The summed E-state index contributed by atoms with van der Waals surface area (Å²) in [6.45, 7) is 4.46. The largest absolute Gasteiger partial charge is 0.756 e. The molecule has 1 unspecified atom stereocenters. The lowest BCUT2D eigenvalue weighted by Gasteiger charge is -2.19. The molecule has 7 heteroatoms. The minimum Gasteiger partial charge on any atom is -0.756 e. The molecule has 1 N–H and O–H groups in total. The standard InChI is InChI=1S/C9H20NO5P.C2H6.H2/c1-9(11)10-7-5-3-4-6-8-15-16(12,13)14-2;1-2;/h3-8H2,1-2H3,(H,10,11)(H,12,13);1-2H3;1H/p-1/i2D;1D;1+1D. The molecule has 0 spiro atoms. The van der Waals surface area contributed by atoms with Gasteiger partial charge in [0.05, 0.1) is 7.98 Å². The zero-order valence-electron chi connectivity index (χ0n) is 15.1. The zero-order chi connectivity index (χ0) is 17.9. The third-order valence-corrected chi connectivity index (χ3v) is 2.67.